The van der Waals surface area contributed by atoms with Crippen molar-refractivity contribution in [2.45, 2.75) is 45.2 Å². The quantitative estimate of drug-likeness (QED) is 0.844. The summed E-state index contributed by atoms with van der Waals surface area (Å²) in [6.07, 6.45) is 5.95. The Kier molecular flexibility index (Phi) is 5.14. The third kappa shape index (κ3) is 3.59. The smallest absolute Gasteiger partial charge is 0.255 e. The summed E-state index contributed by atoms with van der Waals surface area (Å²) in [7, 11) is 0. The molecule has 24 heavy (non-hydrogen) atoms. The predicted molar refractivity (Wildman–Crippen MR) is 89.6 cm³/mol. The van der Waals surface area contributed by atoms with Crippen LogP contribution in [0.1, 0.15) is 42.1 Å². The van der Waals surface area contributed by atoms with Gasteiger partial charge in [0.2, 0.25) is 5.91 Å². The lowest BCUT2D eigenvalue weighted by Crippen LogP contribution is -2.49. The van der Waals surface area contributed by atoms with Gasteiger partial charge in [-0.1, -0.05) is 0 Å². The lowest BCUT2D eigenvalue weighted by Gasteiger charge is -2.37. The summed E-state index contributed by atoms with van der Waals surface area (Å²) in [6.45, 7) is 6.26. The minimum absolute atomic E-state index is 0.00387. The molecule has 1 unspecified atom stereocenters. The summed E-state index contributed by atoms with van der Waals surface area (Å²) in [6, 6.07) is 2.20. The summed E-state index contributed by atoms with van der Waals surface area (Å²) < 4.78 is 5.41. The Bertz CT molecular complexity index is 613. The first kappa shape index (κ1) is 16.9. The zero-order valence-electron chi connectivity index (χ0n) is 14.4. The second-order valence-electron chi connectivity index (χ2n) is 6.71. The number of pyridine rings is 1. The summed E-state index contributed by atoms with van der Waals surface area (Å²) in [5.74, 6) is 0.0996. The molecule has 2 aliphatic heterocycles. The van der Waals surface area contributed by atoms with E-state index in [4.69, 9.17) is 4.74 Å². The molecule has 6 heteroatoms. The van der Waals surface area contributed by atoms with Crippen LogP contribution in [0, 0.1) is 6.92 Å². The van der Waals surface area contributed by atoms with Crippen LogP contribution in [0.3, 0.4) is 0 Å². The highest BCUT2D eigenvalue weighted by atomic mass is 16.5. The molecular formula is C18H25N3O3. The third-order valence-electron chi connectivity index (χ3n) is 4.91. The number of amides is 2. The third-order valence-corrected chi connectivity index (χ3v) is 4.91. The number of hydrogen-bond donors (Lipinski definition) is 0. The van der Waals surface area contributed by atoms with Gasteiger partial charge in [0, 0.05) is 51.7 Å². The van der Waals surface area contributed by atoms with Crippen LogP contribution in [0.15, 0.2) is 18.5 Å². The molecule has 0 saturated carbocycles. The SMILES string of the molecule is CC(=O)N(C1CCOCC1)C1CCN(C(=O)c2cncc(C)c2)C1. The molecule has 2 amide bonds. The lowest BCUT2D eigenvalue weighted by molar-refractivity contribution is -0.135. The molecule has 0 aliphatic carbocycles. The van der Waals surface area contributed by atoms with E-state index in [1.54, 1.807) is 19.3 Å². The van der Waals surface area contributed by atoms with Gasteiger partial charge in [0.25, 0.3) is 5.91 Å². The second-order valence-corrected chi connectivity index (χ2v) is 6.71. The Morgan fingerprint density at radius 3 is 2.62 bits per heavy atom. The number of carbonyl (C=O) groups excluding carboxylic acids is 2. The summed E-state index contributed by atoms with van der Waals surface area (Å²) >= 11 is 0. The van der Waals surface area contributed by atoms with Crippen molar-refractivity contribution in [1.29, 1.82) is 0 Å². The van der Waals surface area contributed by atoms with Crippen molar-refractivity contribution in [2.24, 2.45) is 0 Å². The van der Waals surface area contributed by atoms with E-state index in [1.165, 1.54) is 0 Å². The topological polar surface area (TPSA) is 62.7 Å². The Labute approximate surface area is 142 Å². The minimum Gasteiger partial charge on any atom is -0.381 e. The van der Waals surface area contributed by atoms with E-state index >= 15 is 0 Å². The van der Waals surface area contributed by atoms with Crippen LogP contribution in [-0.2, 0) is 9.53 Å². The van der Waals surface area contributed by atoms with Gasteiger partial charge in [-0.2, -0.15) is 0 Å². The van der Waals surface area contributed by atoms with Crippen molar-refractivity contribution in [3.05, 3.63) is 29.6 Å². The molecule has 1 aromatic heterocycles. The van der Waals surface area contributed by atoms with Crippen molar-refractivity contribution < 1.29 is 14.3 Å². The number of nitrogens with zero attached hydrogens (tertiary/aromatic N) is 3. The lowest BCUT2D eigenvalue weighted by atomic mass is 10.0. The molecule has 1 aromatic rings. The minimum atomic E-state index is 0.00387. The van der Waals surface area contributed by atoms with Gasteiger partial charge in [0.15, 0.2) is 0 Å². The zero-order chi connectivity index (χ0) is 17.1. The highest BCUT2D eigenvalue weighted by Crippen LogP contribution is 2.24. The van der Waals surface area contributed by atoms with Crippen LogP contribution in [0.5, 0.6) is 0 Å². The molecule has 0 aromatic carbocycles. The van der Waals surface area contributed by atoms with Crippen molar-refractivity contribution >= 4 is 11.8 Å². The van der Waals surface area contributed by atoms with Crippen LogP contribution in [0.25, 0.3) is 0 Å². The van der Waals surface area contributed by atoms with Gasteiger partial charge in [-0.15, -0.1) is 0 Å². The molecule has 2 aliphatic rings. The van der Waals surface area contributed by atoms with E-state index in [-0.39, 0.29) is 23.9 Å². The van der Waals surface area contributed by atoms with Crippen LogP contribution in [0.4, 0.5) is 0 Å². The fourth-order valence-corrected chi connectivity index (χ4v) is 3.78. The Morgan fingerprint density at radius 2 is 1.96 bits per heavy atom. The first-order chi connectivity index (χ1) is 11.6. The molecule has 130 valence electrons. The van der Waals surface area contributed by atoms with E-state index in [9.17, 15) is 9.59 Å². The maximum absolute atomic E-state index is 12.7. The first-order valence-corrected chi connectivity index (χ1v) is 8.64. The van der Waals surface area contributed by atoms with Gasteiger partial charge in [-0.25, -0.2) is 0 Å². The standard InChI is InChI=1S/C18H25N3O3/c1-13-9-15(11-19-10-13)18(23)20-6-3-17(12-20)21(14(2)22)16-4-7-24-8-5-16/h9-11,16-17H,3-8,12H2,1-2H3. The first-order valence-electron chi connectivity index (χ1n) is 8.64. The fraction of sp³-hybridized carbons (Fsp3) is 0.611. The predicted octanol–water partition coefficient (Wildman–Crippen LogP) is 1.63. The van der Waals surface area contributed by atoms with E-state index in [0.717, 1.165) is 24.8 Å². The normalized spacial score (nSPS) is 21.8. The van der Waals surface area contributed by atoms with E-state index < -0.39 is 0 Å². The molecule has 0 radical (unpaired) electrons. The Morgan fingerprint density at radius 1 is 1.21 bits per heavy atom. The van der Waals surface area contributed by atoms with Gasteiger partial charge in [0.05, 0.1) is 11.6 Å². The Balaban J connectivity index is 1.68. The molecule has 1 atom stereocenters. The number of rotatable bonds is 3. The van der Waals surface area contributed by atoms with E-state index in [0.29, 0.717) is 31.9 Å². The molecule has 2 saturated heterocycles. The highest BCUT2D eigenvalue weighted by Gasteiger charge is 2.36. The maximum atomic E-state index is 12.7. The molecule has 2 fully saturated rings. The molecule has 3 heterocycles. The van der Waals surface area contributed by atoms with Gasteiger partial charge >= 0.3 is 0 Å². The van der Waals surface area contributed by atoms with Crippen molar-refractivity contribution in [1.82, 2.24) is 14.8 Å². The van der Waals surface area contributed by atoms with Gasteiger partial charge < -0.3 is 14.5 Å². The molecule has 0 spiro atoms. The largest absolute Gasteiger partial charge is 0.381 e. The number of ether oxygens (including phenoxy) is 1. The van der Waals surface area contributed by atoms with Crippen molar-refractivity contribution in [2.75, 3.05) is 26.3 Å². The van der Waals surface area contributed by atoms with Gasteiger partial charge in [-0.05, 0) is 37.8 Å². The maximum Gasteiger partial charge on any atom is 0.255 e. The van der Waals surface area contributed by atoms with E-state index in [2.05, 4.69) is 4.98 Å². The van der Waals surface area contributed by atoms with Crippen molar-refractivity contribution in [3.63, 3.8) is 0 Å². The number of likely N-dealkylation sites (tertiary alicyclic amines) is 1. The molecule has 0 N–H and O–H groups in total. The van der Waals surface area contributed by atoms with Crippen molar-refractivity contribution in [3.8, 4) is 0 Å². The second kappa shape index (κ2) is 7.30. The van der Waals surface area contributed by atoms with Gasteiger partial charge in [0.1, 0.15) is 0 Å². The zero-order valence-corrected chi connectivity index (χ0v) is 14.4. The summed E-state index contributed by atoms with van der Waals surface area (Å²) in [4.78, 5) is 32.8. The fourth-order valence-electron chi connectivity index (χ4n) is 3.78. The molecule has 3 rings (SSSR count). The van der Waals surface area contributed by atoms with Gasteiger partial charge in [-0.3, -0.25) is 14.6 Å². The molecule has 6 nitrogen and oxygen atoms in total. The van der Waals surface area contributed by atoms with E-state index in [1.807, 2.05) is 22.8 Å². The Hall–Kier alpha value is -1.95. The number of hydrogen-bond acceptors (Lipinski definition) is 4. The van der Waals surface area contributed by atoms with Crippen LogP contribution in [-0.4, -0.2) is 65.0 Å². The van der Waals surface area contributed by atoms with Crippen LogP contribution in [0.2, 0.25) is 0 Å². The number of aromatic nitrogens is 1. The average Bonchev–Trinajstić information content (AvgIpc) is 3.04. The number of carbonyl (C=O) groups is 2. The summed E-state index contributed by atoms with van der Waals surface area (Å²) in [5.41, 5.74) is 1.60. The highest BCUT2D eigenvalue weighted by molar-refractivity contribution is 5.94. The van der Waals surface area contributed by atoms with Crippen LogP contribution >= 0.6 is 0 Å². The molecular weight excluding hydrogens is 306 g/mol. The van der Waals surface area contributed by atoms with Crippen LogP contribution < -0.4 is 0 Å². The summed E-state index contributed by atoms with van der Waals surface area (Å²) in [5, 5.41) is 0. The molecule has 0 bridgehead atoms. The monoisotopic (exact) mass is 331 g/mol. The number of aryl methyl sites for hydroxylation is 1. The average molecular weight is 331 g/mol.